The summed E-state index contributed by atoms with van der Waals surface area (Å²) in [7, 11) is 0. The lowest BCUT2D eigenvalue weighted by Crippen LogP contribution is -2.40. The summed E-state index contributed by atoms with van der Waals surface area (Å²) in [5.74, 6) is -0.0698. The predicted molar refractivity (Wildman–Crippen MR) is 206 cm³/mol. The molecule has 0 aliphatic rings. The Morgan fingerprint density at radius 1 is 0.571 bits per heavy atom. The van der Waals surface area contributed by atoms with E-state index in [9.17, 15) is 29.4 Å². The van der Waals surface area contributed by atoms with Crippen LogP contribution in [0.4, 0.5) is 9.59 Å². The molecule has 286 valence electrons. The second-order valence-electron chi connectivity index (χ2n) is 13.1. The van der Waals surface area contributed by atoms with E-state index in [4.69, 9.17) is 4.98 Å². The Morgan fingerprint density at radius 3 is 1.55 bits per heavy atom. The van der Waals surface area contributed by atoms with E-state index in [1.54, 1.807) is 99.3 Å². The van der Waals surface area contributed by atoms with E-state index in [0.717, 1.165) is 22.3 Å². The third-order valence-electron chi connectivity index (χ3n) is 9.31. The quantitative estimate of drug-likeness (QED) is 0.0693. The first-order valence-corrected chi connectivity index (χ1v) is 17.6. The van der Waals surface area contributed by atoms with Crippen LogP contribution in [0.15, 0.2) is 97.6 Å². The van der Waals surface area contributed by atoms with Gasteiger partial charge in [0.1, 0.15) is 23.7 Å². The fourth-order valence-electron chi connectivity index (χ4n) is 6.19. The second-order valence-corrected chi connectivity index (χ2v) is 13.1. The molecule has 0 aliphatic heterocycles. The molecule has 0 radical (unpaired) electrons. The number of carboxylic acid groups (broad SMARTS) is 2. The Morgan fingerprint density at radius 2 is 1.07 bits per heavy atom. The molecule has 4 heterocycles. The van der Waals surface area contributed by atoms with Gasteiger partial charge in [0.15, 0.2) is 0 Å². The van der Waals surface area contributed by atoms with Gasteiger partial charge in [-0.2, -0.15) is 0 Å². The molecule has 4 aromatic heterocycles. The average molecular weight is 757 g/mol. The number of aromatic nitrogens is 6. The van der Waals surface area contributed by atoms with Crippen LogP contribution in [0.3, 0.4) is 0 Å². The molecular formula is C40H40N10O6. The Balaban J connectivity index is 1.12. The average Bonchev–Trinajstić information content (AvgIpc) is 3.89. The third kappa shape index (κ3) is 8.71. The lowest BCUT2D eigenvalue weighted by Gasteiger charge is -2.19. The van der Waals surface area contributed by atoms with Gasteiger partial charge in [-0.15, -0.1) is 0 Å². The van der Waals surface area contributed by atoms with Gasteiger partial charge in [0, 0.05) is 23.5 Å². The Labute approximate surface area is 321 Å². The molecule has 0 aliphatic carbocycles. The summed E-state index contributed by atoms with van der Waals surface area (Å²) in [5, 5.41) is 28.8. The molecule has 0 saturated heterocycles. The molecule has 0 bridgehead atoms. The number of hydrogen-bond donors (Lipinski definition) is 8. The highest BCUT2D eigenvalue weighted by atomic mass is 16.4. The van der Waals surface area contributed by atoms with Gasteiger partial charge in [0.05, 0.1) is 47.3 Å². The van der Waals surface area contributed by atoms with Crippen molar-refractivity contribution in [3.05, 3.63) is 131 Å². The summed E-state index contributed by atoms with van der Waals surface area (Å²) in [5.41, 5.74) is 7.17. The highest BCUT2D eigenvalue weighted by molar-refractivity contribution is 5.87. The standard InChI is InChI=1S/C40H40N10O6/c1-21-22(2)32(42-18-28(21)31-20-44-36(48-31)24(4)46-38(52)34(50-40(55)56)26-13-9-6-10-14-26)29-16-15-27(17-41-29)30-19-43-35(47-30)23(3)45-37(51)33(49-39(53)54)25-11-7-5-8-12-25/h5-20,23-24,33-34,49-50H,1-4H3,(H,43,47)(H,44,48)(H,45,51)(H,46,52)(H,53,54)(H,55,56)/t23?,24?,33-,34-/m0/s1. The molecule has 8 N–H and O–H groups in total. The predicted octanol–water partition coefficient (Wildman–Crippen LogP) is 5.91. The molecule has 6 rings (SSSR count). The molecule has 56 heavy (non-hydrogen) atoms. The van der Waals surface area contributed by atoms with E-state index in [0.29, 0.717) is 45.6 Å². The van der Waals surface area contributed by atoms with E-state index in [1.165, 1.54) is 0 Å². The highest BCUT2D eigenvalue weighted by Gasteiger charge is 2.27. The van der Waals surface area contributed by atoms with E-state index in [2.05, 4.69) is 46.2 Å². The number of imidazole rings is 2. The maximum Gasteiger partial charge on any atom is 0.405 e. The minimum absolute atomic E-state index is 0.480. The van der Waals surface area contributed by atoms with E-state index in [-0.39, 0.29) is 0 Å². The molecule has 0 spiro atoms. The van der Waals surface area contributed by atoms with Gasteiger partial charge < -0.3 is 41.4 Å². The van der Waals surface area contributed by atoms with Crippen molar-refractivity contribution in [2.24, 2.45) is 0 Å². The molecule has 4 atom stereocenters. The number of H-pyrrole nitrogens is 2. The normalized spacial score (nSPS) is 13.1. The zero-order valence-corrected chi connectivity index (χ0v) is 30.9. The Hall–Kier alpha value is -7.36. The first-order chi connectivity index (χ1) is 26.9. The SMILES string of the molecule is Cc1c(-c2cnc(C(C)NC(=O)[C@@H](NC(=O)O)c3ccccc3)[nH]2)cnc(-c2ccc(-c3cnc(C(C)NC(=O)[C@@H](NC(=O)O)c4ccccc4)[nH]3)cn2)c1C. The Kier molecular flexibility index (Phi) is 11.5. The van der Waals surface area contributed by atoms with Gasteiger partial charge in [-0.1, -0.05) is 60.7 Å². The minimum Gasteiger partial charge on any atom is -0.465 e. The van der Waals surface area contributed by atoms with E-state index in [1.807, 2.05) is 26.0 Å². The van der Waals surface area contributed by atoms with E-state index < -0.39 is 48.2 Å². The smallest absolute Gasteiger partial charge is 0.405 e. The number of nitrogens with one attached hydrogen (secondary N) is 6. The molecule has 16 heteroatoms. The maximum atomic E-state index is 13.1. The topological polar surface area (TPSA) is 240 Å². The lowest BCUT2D eigenvalue weighted by atomic mass is 10.00. The van der Waals surface area contributed by atoms with Gasteiger partial charge in [0.25, 0.3) is 0 Å². The molecular weight excluding hydrogens is 717 g/mol. The summed E-state index contributed by atoms with van der Waals surface area (Å²) in [6, 6.07) is 17.6. The number of hydrogen-bond acceptors (Lipinski definition) is 8. The summed E-state index contributed by atoms with van der Waals surface area (Å²) >= 11 is 0. The number of benzene rings is 2. The Bertz CT molecular complexity index is 2340. The maximum absolute atomic E-state index is 13.1. The number of carbonyl (C=O) groups is 4. The zero-order chi connectivity index (χ0) is 39.9. The highest BCUT2D eigenvalue weighted by Crippen LogP contribution is 2.31. The zero-order valence-electron chi connectivity index (χ0n) is 30.9. The lowest BCUT2D eigenvalue weighted by molar-refractivity contribution is -0.124. The summed E-state index contributed by atoms with van der Waals surface area (Å²) in [6.45, 7) is 7.44. The minimum atomic E-state index is -1.32. The fraction of sp³-hybridized carbons (Fsp3) is 0.200. The molecule has 6 aromatic rings. The number of carbonyl (C=O) groups excluding carboxylic acids is 2. The van der Waals surface area contributed by atoms with Crippen LogP contribution < -0.4 is 21.3 Å². The number of amides is 4. The third-order valence-corrected chi connectivity index (χ3v) is 9.31. The first kappa shape index (κ1) is 38.4. The first-order valence-electron chi connectivity index (χ1n) is 17.6. The molecule has 4 amide bonds. The van der Waals surface area contributed by atoms with Crippen LogP contribution in [-0.4, -0.2) is 64.1 Å². The van der Waals surface area contributed by atoms with Crippen molar-refractivity contribution in [3.63, 3.8) is 0 Å². The van der Waals surface area contributed by atoms with Crippen LogP contribution >= 0.6 is 0 Å². The summed E-state index contributed by atoms with van der Waals surface area (Å²) < 4.78 is 0. The van der Waals surface area contributed by atoms with E-state index >= 15 is 0 Å². The van der Waals surface area contributed by atoms with Crippen LogP contribution in [0.5, 0.6) is 0 Å². The van der Waals surface area contributed by atoms with Crippen molar-refractivity contribution in [3.8, 4) is 33.9 Å². The van der Waals surface area contributed by atoms with Crippen molar-refractivity contribution in [2.75, 3.05) is 0 Å². The van der Waals surface area contributed by atoms with Crippen molar-refractivity contribution in [1.82, 2.24) is 51.2 Å². The molecule has 16 nitrogen and oxygen atoms in total. The number of pyridine rings is 2. The summed E-state index contributed by atoms with van der Waals surface area (Å²) in [6.07, 6.45) is 4.11. The largest absolute Gasteiger partial charge is 0.465 e. The monoisotopic (exact) mass is 756 g/mol. The van der Waals surface area contributed by atoms with Crippen LogP contribution in [0.2, 0.25) is 0 Å². The molecule has 0 saturated carbocycles. The molecule has 0 fully saturated rings. The van der Waals surface area contributed by atoms with Gasteiger partial charge in [-0.25, -0.2) is 19.6 Å². The van der Waals surface area contributed by atoms with Crippen molar-refractivity contribution < 1.29 is 29.4 Å². The second kappa shape index (κ2) is 16.8. The van der Waals surface area contributed by atoms with Crippen LogP contribution in [-0.2, 0) is 9.59 Å². The van der Waals surface area contributed by atoms with Gasteiger partial charge in [-0.3, -0.25) is 19.6 Å². The van der Waals surface area contributed by atoms with Gasteiger partial charge in [-0.05, 0) is 62.1 Å². The van der Waals surface area contributed by atoms with Gasteiger partial charge >= 0.3 is 12.2 Å². The van der Waals surface area contributed by atoms with Gasteiger partial charge in [0.2, 0.25) is 11.8 Å². The van der Waals surface area contributed by atoms with Crippen LogP contribution in [0.25, 0.3) is 33.9 Å². The van der Waals surface area contributed by atoms with Crippen molar-refractivity contribution >= 4 is 24.0 Å². The molecule has 2 aromatic carbocycles. The number of nitrogens with zero attached hydrogens (tertiary/aromatic N) is 4. The number of rotatable bonds is 13. The number of aromatic amines is 2. The molecule has 2 unspecified atom stereocenters. The van der Waals surface area contributed by atoms with Crippen molar-refractivity contribution in [1.29, 1.82) is 0 Å². The van der Waals surface area contributed by atoms with Crippen LogP contribution in [0, 0.1) is 13.8 Å². The fourth-order valence-corrected chi connectivity index (χ4v) is 6.19. The van der Waals surface area contributed by atoms with Crippen LogP contribution in [0.1, 0.15) is 71.9 Å². The summed E-state index contributed by atoms with van der Waals surface area (Å²) in [4.78, 5) is 73.9. The van der Waals surface area contributed by atoms with Crippen molar-refractivity contribution in [2.45, 2.75) is 51.9 Å².